The lowest BCUT2D eigenvalue weighted by Crippen LogP contribution is -2.49. The Balaban J connectivity index is 4.24. The summed E-state index contributed by atoms with van der Waals surface area (Å²) in [6.45, 7) is -0.163. The maximum atomic E-state index is 11.7. The number of aliphatic imine (C=N–C) groups is 1. The molecule has 0 fully saturated rings. The van der Waals surface area contributed by atoms with Crippen LogP contribution in [0.3, 0.4) is 0 Å². The van der Waals surface area contributed by atoms with Gasteiger partial charge in [-0.2, -0.15) is 0 Å². The Morgan fingerprint density at radius 3 is 2.32 bits per heavy atom. The van der Waals surface area contributed by atoms with E-state index in [4.69, 9.17) is 22.3 Å². The number of thiol groups is 1. The molecule has 0 spiro atoms. The van der Waals surface area contributed by atoms with E-state index < -0.39 is 48.7 Å². The van der Waals surface area contributed by atoms with Crippen LogP contribution >= 0.6 is 12.8 Å². The Morgan fingerprint density at radius 2 is 1.80 bits per heavy atom. The second-order valence-corrected chi connectivity index (χ2v) is 5.19. The van der Waals surface area contributed by atoms with E-state index in [9.17, 15) is 19.2 Å². The van der Waals surface area contributed by atoms with Crippen LogP contribution in [0.25, 0.3) is 0 Å². The van der Waals surface area contributed by atoms with Crippen molar-refractivity contribution in [1.82, 2.24) is 15.4 Å². The van der Waals surface area contributed by atoms with Gasteiger partial charge in [-0.25, -0.2) is 4.79 Å². The number of rotatable bonds is 11. The summed E-state index contributed by atoms with van der Waals surface area (Å²) in [4.78, 5) is 49.2. The molecular weight excluding hydrogens is 354 g/mol. The van der Waals surface area contributed by atoms with Gasteiger partial charge in [-0.05, 0) is 12.8 Å². The first-order valence-electron chi connectivity index (χ1n) is 7.21. The fourth-order valence-corrected chi connectivity index (χ4v) is 1.72. The predicted octanol–water partition coefficient (Wildman–Crippen LogP) is -3.60. The van der Waals surface area contributed by atoms with Crippen LogP contribution in [0.15, 0.2) is 4.99 Å². The van der Waals surface area contributed by atoms with E-state index in [2.05, 4.69) is 28.4 Å². The highest BCUT2D eigenvalue weighted by Crippen LogP contribution is 1.96. The van der Waals surface area contributed by atoms with Gasteiger partial charge in [0.1, 0.15) is 6.04 Å². The number of hydrogen-bond acceptors (Lipinski definition) is 7. The standard InChI is InChI=1S/C12H23N7O5S/c13-6(2-1-3-16-12(14)15)10(22)17-5-9(21)18-7(11(23)24)4-8(20)19-25/h6-7,25H,1-5,13H2,(H,17,22)(H,18,21)(H,19,20)(H,23,24)(H4,14,15,16). The molecule has 2 unspecified atom stereocenters. The van der Waals surface area contributed by atoms with Gasteiger partial charge in [-0.15, -0.1) is 0 Å². The minimum Gasteiger partial charge on any atom is -0.480 e. The molecule has 0 saturated heterocycles. The summed E-state index contributed by atoms with van der Waals surface area (Å²) in [7, 11) is 0. The molecule has 13 heteroatoms. The van der Waals surface area contributed by atoms with Crippen molar-refractivity contribution >= 4 is 42.5 Å². The number of guanidine groups is 1. The highest BCUT2D eigenvalue weighted by Gasteiger charge is 2.23. The molecule has 0 aromatic carbocycles. The number of nitrogens with zero attached hydrogens (tertiary/aromatic N) is 1. The third-order valence-corrected chi connectivity index (χ3v) is 3.12. The number of aliphatic carboxylic acids is 1. The monoisotopic (exact) mass is 377 g/mol. The van der Waals surface area contributed by atoms with Gasteiger partial charge < -0.3 is 37.7 Å². The minimum absolute atomic E-state index is 0.0609. The Kier molecular flexibility index (Phi) is 10.7. The lowest BCUT2D eigenvalue weighted by atomic mass is 10.1. The second kappa shape index (κ2) is 11.9. The van der Waals surface area contributed by atoms with Gasteiger partial charge in [0, 0.05) is 6.54 Å². The fourth-order valence-electron chi connectivity index (χ4n) is 1.63. The summed E-state index contributed by atoms with van der Waals surface area (Å²) in [5.74, 6) is -3.49. The number of carbonyl (C=O) groups excluding carboxylic acids is 3. The molecule has 3 amide bonds. The lowest BCUT2D eigenvalue weighted by molar-refractivity contribution is -0.143. The number of carbonyl (C=O) groups is 4. The topological polar surface area (TPSA) is 215 Å². The Bertz CT molecular complexity index is 524. The Labute approximate surface area is 149 Å². The van der Waals surface area contributed by atoms with Crippen LogP contribution in [-0.2, 0) is 19.2 Å². The maximum Gasteiger partial charge on any atom is 0.326 e. The molecule has 10 N–H and O–H groups in total. The first kappa shape index (κ1) is 22.5. The summed E-state index contributed by atoms with van der Waals surface area (Å²) in [6.07, 6.45) is 0.269. The highest BCUT2D eigenvalue weighted by molar-refractivity contribution is 7.78. The van der Waals surface area contributed by atoms with Crippen LogP contribution in [0, 0.1) is 0 Å². The van der Waals surface area contributed by atoms with Crippen molar-refractivity contribution in [2.75, 3.05) is 13.1 Å². The summed E-state index contributed by atoms with van der Waals surface area (Å²) in [5, 5.41) is 13.3. The normalized spacial score (nSPS) is 12.4. The van der Waals surface area contributed by atoms with E-state index >= 15 is 0 Å². The van der Waals surface area contributed by atoms with Crippen LogP contribution in [0.5, 0.6) is 0 Å². The molecule has 0 radical (unpaired) electrons. The van der Waals surface area contributed by atoms with E-state index in [0.29, 0.717) is 19.4 Å². The average Bonchev–Trinajstić information content (AvgIpc) is 2.55. The lowest BCUT2D eigenvalue weighted by Gasteiger charge is -2.15. The second-order valence-electron chi connectivity index (χ2n) is 4.97. The van der Waals surface area contributed by atoms with E-state index in [0.717, 1.165) is 0 Å². The van der Waals surface area contributed by atoms with Crippen molar-refractivity contribution < 1.29 is 24.3 Å². The zero-order valence-corrected chi connectivity index (χ0v) is 14.3. The SMILES string of the molecule is NC(N)=NCCCC(N)C(=O)NCC(=O)NC(CC(=O)NS)C(=O)O. The third kappa shape index (κ3) is 10.8. The molecular formula is C12H23N7O5S. The molecule has 0 saturated carbocycles. The molecule has 0 aliphatic rings. The van der Waals surface area contributed by atoms with Crippen LogP contribution in [0.2, 0.25) is 0 Å². The molecule has 0 aromatic heterocycles. The summed E-state index contributed by atoms with van der Waals surface area (Å²) in [5.41, 5.74) is 15.9. The van der Waals surface area contributed by atoms with Crippen molar-refractivity contribution in [3.63, 3.8) is 0 Å². The smallest absolute Gasteiger partial charge is 0.326 e. The Hall–Kier alpha value is -2.54. The largest absolute Gasteiger partial charge is 0.480 e. The van der Waals surface area contributed by atoms with Crippen LogP contribution in [0.1, 0.15) is 19.3 Å². The number of hydrogen-bond donors (Lipinski definition) is 8. The quantitative estimate of drug-likeness (QED) is 0.0777. The summed E-state index contributed by atoms with van der Waals surface area (Å²) in [6, 6.07) is -2.31. The fraction of sp³-hybridized carbons (Fsp3) is 0.583. The Morgan fingerprint density at radius 1 is 1.16 bits per heavy atom. The zero-order chi connectivity index (χ0) is 19.4. The third-order valence-electron chi connectivity index (χ3n) is 2.88. The predicted molar refractivity (Wildman–Crippen MR) is 92.2 cm³/mol. The average molecular weight is 377 g/mol. The molecule has 0 aromatic rings. The molecule has 0 heterocycles. The van der Waals surface area contributed by atoms with Gasteiger partial charge in [0.25, 0.3) is 0 Å². The molecule has 0 aliphatic heterocycles. The first-order chi connectivity index (χ1) is 11.7. The molecule has 25 heavy (non-hydrogen) atoms. The van der Waals surface area contributed by atoms with Gasteiger partial charge in [0.15, 0.2) is 5.96 Å². The number of amides is 3. The molecule has 142 valence electrons. The number of nitrogens with one attached hydrogen (secondary N) is 3. The molecule has 2 atom stereocenters. The highest BCUT2D eigenvalue weighted by atomic mass is 32.1. The summed E-state index contributed by atoms with van der Waals surface area (Å²) < 4.78 is 1.95. The number of carboxylic acid groups (broad SMARTS) is 1. The van der Waals surface area contributed by atoms with E-state index in [1.165, 1.54) is 0 Å². The molecule has 0 aliphatic carbocycles. The van der Waals surface area contributed by atoms with E-state index in [1.807, 2.05) is 4.72 Å². The van der Waals surface area contributed by atoms with Gasteiger partial charge in [-0.3, -0.25) is 19.4 Å². The van der Waals surface area contributed by atoms with Crippen molar-refractivity contribution in [2.24, 2.45) is 22.2 Å². The maximum absolute atomic E-state index is 11.7. The summed E-state index contributed by atoms with van der Waals surface area (Å²) >= 11 is 3.49. The van der Waals surface area contributed by atoms with Crippen LogP contribution in [-0.4, -0.2) is 59.9 Å². The van der Waals surface area contributed by atoms with Crippen molar-refractivity contribution in [1.29, 1.82) is 0 Å². The molecule has 0 rings (SSSR count). The first-order valence-corrected chi connectivity index (χ1v) is 7.65. The van der Waals surface area contributed by atoms with Gasteiger partial charge >= 0.3 is 5.97 Å². The van der Waals surface area contributed by atoms with E-state index in [1.54, 1.807) is 0 Å². The molecule has 12 nitrogen and oxygen atoms in total. The minimum atomic E-state index is -1.44. The van der Waals surface area contributed by atoms with E-state index in [-0.39, 0.29) is 5.96 Å². The van der Waals surface area contributed by atoms with Gasteiger partial charge in [0.2, 0.25) is 17.7 Å². The van der Waals surface area contributed by atoms with Gasteiger partial charge in [-0.1, -0.05) is 12.8 Å². The zero-order valence-electron chi connectivity index (χ0n) is 13.4. The van der Waals surface area contributed by atoms with Crippen molar-refractivity contribution in [3.8, 4) is 0 Å². The number of carboxylic acids is 1. The van der Waals surface area contributed by atoms with Crippen molar-refractivity contribution in [3.05, 3.63) is 0 Å². The number of nitrogens with two attached hydrogens (primary N) is 3. The van der Waals surface area contributed by atoms with Crippen LogP contribution < -0.4 is 32.6 Å². The van der Waals surface area contributed by atoms with Crippen molar-refractivity contribution in [2.45, 2.75) is 31.3 Å². The van der Waals surface area contributed by atoms with Gasteiger partial charge in [0.05, 0.1) is 19.0 Å². The molecule has 0 bridgehead atoms. The van der Waals surface area contributed by atoms with Crippen LogP contribution in [0.4, 0.5) is 0 Å².